The zero-order chi connectivity index (χ0) is 27.5. The molecule has 0 radical (unpaired) electrons. The molecule has 3 fully saturated rings. The number of aromatic nitrogens is 3. The molecule has 0 unspecified atom stereocenters. The standard InChI is InChI=1S/C27H28F4N6O2/c1-2-20-24(36-10-9-32-18-7-8-21(18)36)25(39)23-26(33-12-19(35-23)14-3-4-14)37(20)13-22(38)34-17-6-5-15(11-16(17)28)27(29,30)31/h5-6,11-12,14,18,21,32H,2-4,7-10,13H2,1H3,(H,34,38)/t18-,21-/m0/s1. The molecule has 0 bridgehead atoms. The average Bonchev–Trinajstić information content (AvgIpc) is 3.72. The highest BCUT2D eigenvalue weighted by molar-refractivity contribution is 5.92. The van der Waals surface area contributed by atoms with E-state index in [0.29, 0.717) is 42.5 Å². The number of rotatable bonds is 6. The van der Waals surface area contributed by atoms with Crippen LogP contribution in [0.25, 0.3) is 11.2 Å². The molecular weight excluding hydrogens is 516 g/mol. The van der Waals surface area contributed by atoms with Gasteiger partial charge in [-0.05, 0) is 50.3 Å². The molecule has 0 spiro atoms. The lowest BCUT2D eigenvalue weighted by Crippen LogP contribution is -2.64. The number of hydrogen-bond donors (Lipinski definition) is 2. The van der Waals surface area contributed by atoms with E-state index in [1.54, 1.807) is 10.8 Å². The molecule has 206 valence electrons. The van der Waals surface area contributed by atoms with Gasteiger partial charge in [-0.1, -0.05) is 6.92 Å². The molecule has 1 aromatic carbocycles. The third-order valence-electron chi connectivity index (χ3n) is 7.94. The Morgan fingerprint density at radius 3 is 2.64 bits per heavy atom. The van der Waals surface area contributed by atoms with Crippen LogP contribution in [-0.2, 0) is 23.9 Å². The maximum Gasteiger partial charge on any atom is 0.416 e. The van der Waals surface area contributed by atoms with Crippen molar-refractivity contribution in [1.82, 2.24) is 19.9 Å². The van der Waals surface area contributed by atoms with E-state index in [0.717, 1.165) is 44.0 Å². The van der Waals surface area contributed by atoms with Crippen molar-refractivity contribution in [2.45, 2.75) is 69.8 Å². The summed E-state index contributed by atoms with van der Waals surface area (Å²) in [6, 6.07) is 2.42. The van der Waals surface area contributed by atoms with Gasteiger partial charge in [-0.25, -0.2) is 14.4 Å². The summed E-state index contributed by atoms with van der Waals surface area (Å²) < 4.78 is 54.9. The number of alkyl halides is 3. The maximum absolute atomic E-state index is 14.5. The predicted molar refractivity (Wildman–Crippen MR) is 137 cm³/mol. The summed E-state index contributed by atoms with van der Waals surface area (Å²) in [7, 11) is 0. The van der Waals surface area contributed by atoms with E-state index >= 15 is 0 Å². The zero-order valence-electron chi connectivity index (χ0n) is 21.3. The first-order valence-corrected chi connectivity index (χ1v) is 13.2. The smallest absolute Gasteiger partial charge is 0.361 e. The molecule has 2 aliphatic carbocycles. The van der Waals surface area contributed by atoms with Crippen LogP contribution in [0.2, 0.25) is 0 Å². The van der Waals surface area contributed by atoms with Crippen molar-refractivity contribution < 1.29 is 22.4 Å². The van der Waals surface area contributed by atoms with E-state index in [4.69, 9.17) is 4.98 Å². The van der Waals surface area contributed by atoms with Gasteiger partial charge in [0.2, 0.25) is 11.3 Å². The summed E-state index contributed by atoms with van der Waals surface area (Å²) >= 11 is 0. The number of carbonyl (C=O) groups is 1. The molecule has 39 heavy (non-hydrogen) atoms. The molecule has 2 saturated carbocycles. The summed E-state index contributed by atoms with van der Waals surface area (Å²) in [4.78, 5) is 38.5. The Kier molecular flexibility index (Phi) is 6.32. The van der Waals surface area contributed by atoms with Crippen LogP contribution in [0.4, 0.5) is 28.9 Å². The molecule has 1 aliphatic heterocycles. The third-order valence-corrected chi connectivity index (χ3v) is 7.94. The van der Waals surface area contributed by atoms with Crippen LogP contribution in [-0.4, -0.2) is 45.6 Å². The fraction of sp³-hybridized carbons (Fsp3) is 0.481. The Labute approximate surface area is 221 Å². The molecule has 2 N–H and O–H groups in total. The second-order valence-electron chi connectivity index (χ2n) is 10.4. The lowest BCUT2D eigenvalue weighted by Gasteiger charge is -2.50. The number of amides is 1. The summed E-state index contributed by atoms with van der Waals surface area (Å²) in [6.45, 7) is 2.93. The first kappa shape index (κ1) is 25.7. The first-order valence-electron chi connectivity index (χ1n) is 13.2. The van der Waals surface area contributed by atoms with Crippen LogP contribution in [0, 0.1) is 5.82 Å². The molecule has 1 amide bonds. The second kappa shape index (κ2) is 9.58. The maximum atomic E-state index is 14.5. The van der Waals surface area contributed by atoms with Crippen LogP contribution < -0.4 is 21.0 Å². The molecule has 2 atom stereocenters. The minimum absolute atomic E-state index is 0.164. The number of hydrogen-bond acceptors (Lipinski definition) is 6. The van der Waals surface area contributed by atoms with Crippen LogP contribution in [0.3, 0.4) is 0 Å². The van der Waals surface area contributed by atoms with E-state index in [1.807, 2.05) is 6.92 Å². The third kappa shape index (κ3) is 4.64. The van der Waals surface area contributed by atoms with Gasteiger partial charge in [0.25, 0.3) is 0 Å². The van der Waals surface area contributed by atoms with Crippen LogP contribution in [0.5, 0.6) is 0 Å². The van der Waals surface area contributed by atoms with Gasteiger partial charge in [0.05, 0.1) is 23.1 Å². The summed E-state index contributed by atoms with van der Waals surface area (Å²) in [6.07, 6.45) is 1.29. The number of nitrogens with zero attached hydrogens (tertiary/aromatic N) is 4. The number of anilines is 2. The van der Waals surface area contributed by atoms with Gasteiger partial charge >= 0.3 is 6.18 Å². The molecule has 12 heteroatoms. The van der Waals surface area contributed by atoms with Gasteiger partial charge in [-0.3, -0.25) is 9.59 Å². The van der Waals surface area contributed by atoms with Crippen LogP contribution in [0.1, 0.15) is 55.5 Å². The largest absolute Gasteiger partial charge is 0.416 e. The highest BCUT2D eigenvalue weighted by Crippen LogP contribution is 2.39. The van der Waals surface area contributed by atoms with Crippen molar-refractivity contribution in [1.29, 1.82) is 0 Å². The SMILES string of the molecule is CCc1c(N2CCN[C@H]3CC[C@@H]32)c(=O)c2nc(C3CC3)cnc2n1CC(=O)Nc1ccc(C(F)(F)F)cc1F. The normalized spacial score (nSPS) is 21.0. The van der Waals surface area contributed by atoms with Gasteiger partial charge in [-0.15, -0.1) is 0 Å². The molecule has 1 saturated heterocycles. The minimum atomic E-state index is -4.70. The minimum Gasteiger partial charge on any atom is -0.361 e. The molecule has 3 aliphatic rings. The molecule has 3 heterocycles. The highest BCUT2D eigenvalue weighted by atomic mass is 19.4. The fourth-order valence-corrected chi connectivity index (χ4v) is 5.68. The number of piperazine rings is 1. The monoisotopic (exact) mass is 544 g/mol. The van der Waals surface area contributed by atoms with Crippen molar-refractivity contribution in [2.75, 3.05) is 23.3 Å². The van der Waals surface area contributed by atoms with Crippen molar-refractivity contribution in [3.05, 3.63) is 57.4 Å². The number of nitrogens with one attached hydrogen (secondary N) is 2. The molecule has 6 rings (SSSR count). The lowest BCUT2D eigenvalue weighted by atomic mass is 9.83. The van der Waals surface area contributed by atoms with E-state index in [2.05, 4.69) is 20.5 Å². The Bertz CT molecular complexity index is 1520. The Morgan fingerprint density at radius 1 is 1.21 bits per heavy atom. The first-order chi connectivity index (χ1) is 18.7. The Hall–Kier alpha value is -3.54. The Balaban J connectivity index is 1.41. The number of carbonyl (C=O) groups excluding carboxylic acids is 1. The molecule has 8 nitrogen and oxygen atoms in total. The van der Waals surface area contributed by atoms with Crippen LogP contribution in [0.15, 0.2) is 29.2 Å². The fourth-order valence-electron chi connectivity index (χ4n) is 5.68. The topological polar surface area (TPSA) is 92.2 Å². The van der Waals surface area contributed by atoms with Crippen molar-refractivity contribution in [3.63, 3.8) is 0 Å². The van der Waals surface area contributed by atoms with Crippen molar-refractivity contribution in [3.8, 4) is 0 Å². The van der Waals surface area contributed by atoms with E-state index < -0.39 is 23.5 Å². The zero-order valence-corrected chi connectivity index (χ0v) is 21.3. The molecule has 3 aromatic rings. The van der Waals surface area contributed by atoms with Gasteiger partial charge in [0, 0.05) is 36.8 Å². The van der Waals surface area contributed by atoms with Gasteiger partial charge < -0.3 is 20.1 Å². The highest BCUT2D eigenvalue weighted by Gasteiger charge is 2.40. The summed E-state index contributed by atoms with van der Waals surface area (Å²) in [5, 5.41) is 5.87. The number of benzene rings is 1. The second-order valence-corrected chi connectivity index (χ2v) is 10.4. The van der Waals surface area contributed by atoms with E-state index in [-0.39, 0.29) is 40.8 Å². The number of fused-ring (bicyclic) bond motifs is 2. The molecular formula is C27H28F4N6O2. The Morgan fingerprint density at radius 2 is 2.00 bits per heavy atom. The average molecular weight is 545 g/mol. The number of pyridine rings is 1. The van der Waals surface area contributed by atoms with Crippen molar-refractivity contribution >= 4 is 28.4 Å². The predicted octanol–water partition coefficient (Wildman–Crippen LogP) is 3.97. The van der Waals surface area contributed by atoms with Gasteiger partial charge in [0.15, 0.2) is 11.2 Å². The quantitative estimate of drug-likeness (QED) is 0.457. The van der Waals surface area contributed by atoms with Gasteiger partial charge in [0.1, 0.15) is 18.0 Å². The van der Waals surface area contributed by atoms with E-state index in [1.165, 1.54) is 0 Å². The van der Waals surface area contributed by atoms with Crippen molar-refractivity contribution in [2.24, 2.45) is 0 Å². The summed E-state index contributed by atoms with van der Waals surface area (Å²) in [5.74, 6) is -1.58. The number of halogens is 4. The van der Waals surface area contributed by atoms with E-state index in [9.17, 15) is 27.2 Å². The van der Waals surface area contributed by atoms with Crippen LogP contribution >= 0.6 is 0 Å². The van der Waals surface area contributed by atoms with Gasteiger partial charge in [-0.2, -0.15) is 13.2 Å². The molecule has 2 aromatic heterocycles. The lowest BCUT2D eigenvalue weighted by molar-refractivity contribution is -0.137. The summed E-state index contributed by atoms with van der Waals surface area (Å²) in [5.41, 5.74) is 0.609.